The minimum absolute atomic E-state index is 0.0130. The topological polar surface area (TPSA) is 72.2 Å². The van der Waals surface area contributed by atoms with Crippen LogP contribution in [-0.4, -0.2) is 18.9 Å². The molecule has 74 valence electrons. The third-order valence-electron chi connectivity index (χ3n) is 2.75. The van der Waals surface area contributed by atoms with Gasteiger partial charge in [0.25, 0.3) is 0 Å². The molecule has 0 unspecified atom stereocenters. The van der Waals surface area contributed by atoms with Gasteiger partial charge in [-0.25, -0.2) is 0 Å². The van der Waals surface area contributed by atoms with Gasteiger partial charge in [0.05, 0.1) is 0 Å². The standard InChI is InChI=1S/C9H16N2O2/c1-11-9(13)7-4-2-6(3-5-7)8(10)12/h6-7H,2-5H2,1H3,(H2,10,12)(H,11,13). The molecule has 0 aromatic carbocycles. The average molecular weight is 184 g/mol. The van der Waals surface area contributed by atoms with Gasteiger partial charge in [-0.15, -0.1) is 0 Å². The van der Waals surface area contributed by atoms with Crippen LogP contribution in [0.15, 0.2) is 0 Å². The first kappa shape index (κ1) is 10.0. The summed E-state index contributed by atoms with van der Waals surface area (Å²) in [4.78, 5) is 22.0. The van der Waals surface area contributed by atoms with Crippen LogP contribution in [0.2, 0.25) is 0 Å². The summed E-state index contributed by atoms with van der Waals surface area (Å²) < 4.78 is 0. The molecule has 1 fully saturated rings. The lowest BCUT2D eigenvalue weighted by Gasteiger charge is -2.25. The Morgan fingerprint density at radius 2 is 1.62 bits per heavy atom. The molecule has 1 aliphatic carbocycles. The first-order valence-corrected chi connectivity index (χ1v) is 4.66. The third kappa shape index (κ3) is 2.44. The summed E-state index contributed by atoms with van der Waals surface area (Å²) in [5.41, 5.74) is 5.18. The Morgan fingerprint density at radius 3 is 2.00 bits per heavy atom. The highest BCUT2D eigenvalue weighted by Gasteiger charge is 2.27. The Hall–Kier alpha value is -1.06. The molecule has 0 spiro atoms. The van der Waals surface area contributed by atoms with Gasteiger partial charge >= 0.3 is 0 Å². The van der Waals surface area contributed by atoms with Crippen LogP contribution in [0.25, 0.3) is 0 Å². The predicted molar refractivity (Wildman–Crippen MR) is 48.7 cm³/mol. The van der Waals surface area contributed by atoms with Crippen molar-refractivity contribution < 1.29 is 9.59 Å². The Kier molecular flexibility index (Phi) is 3.28. The SMILES string of the molecule is CNC(=O)C1CCC(C(N)=O)CC1. The number of carbonyl (C=O) groups excluding carboxylic acids is 2. The van der Waals surface area contributed by atoms with Gasteiger partial charge in [-0.05, 0) is 25.7 Å². The molecule has 0 aromatic heterocycles. The Bertz CT molecular complexity index is 208. The molecule has 1 rings (SSSR count). The van der Waals surface area contributed by atoms with E-state index >= 15 is 0 Å². The van der Waals surface area contributed by atoms with Gasteiger partial charge in [0.2, 0.25) is 11.8 Å². The molecule has 0 bridgehead atoms. The van der Waals surface area contributed by atoms with Crippen LogP contribution in [-0.2, 0) is 9.59 Å². The number of hydrogen-bond donors (Lipinski definition) is 2. The number of amides is 2. The fraction of sp³-hybridized carbons (Fsp3) is 0.778. The van der Waals surface area contributed by atoms with Crippen molar-refractivity contribution in [1.29, 1.82) is 0 Å². The lowest BCUT2D eigenvalue weighted by atomic mass is 9.81. The van der Waals surface area contributed by atoms with E-state index in [1.165, 1.54) is 0 Å². The summed E-state index contributed by atoms with van der Waals surface area (Å²) in [5.74, 6) is -0.0696. The second-order valence-corrected chi connectivity index (χ2v) is 3.57. The van der Waals surface area contributed by atoms with Crippen LogP contribution in [0.4, 0.5) is 0 Å². The number of nitrogens with two attached hydrogens (primary N) is 1. The van der Waals surface area contributed by atoms with Gasteiger partial charge in [0.15, 0.2) is 0 Å². The molecule has 0 aromatic rings. The van der Waals surface area contributed by atoms with E-state index in [0.29, 0.717) is 0 Å². The van der Waals surface area contributed by atoms with Crippen molar-refractivity contribution >= 4 is 11.8 Å². The molecular weight excluding hydrogens is 168 g/mol. The zero-order valence-electron chi connectivity index (χ0n) is 7.88. The van der Waals surface area contributed by atoms with E-state index in [4.69, 9.17) is 5.73 Å². The first-order chi connectivity index (χ1) is 6.15. The molecule has 3 N–H and O–H groups in total. The van der Waals surface area contributed by atoms with Gasteiger partial charge in [0.1, 0.15) is 0 Å². The summed E-state index contributed by atoms with van der Waals surface area (Å²) in [6.45, 7) is 0. The molecule has 2 amide bonds. The van der Waals surface area contributed by atoms with E-state index in [1.807, 2.05) is 0 Å². The van der Waals surface area contributed by atoms with Crippen molar-refractivity contribution in [3.8, 4) is 0 Å². The summed E-state index contributed by atoms with van der Waals surface area (Å²) in [7, 11) is 1.64. The molecule has 1 saturated carbocycles. The highest BCUT2D eigenvalue weighted by atomic mass is 16.2. The van der Waals surface area contributed by atoms with Gasteiger partial charge in [0, 0.05) is 18.9 Å². The molecule has 0 atom stereocenters. The molecule has 0 heterocycles. The molecule has 1 aliphatic rings. The number of rotatable bonds is 2. The van der Waals surface area contributed by atoms with Crippen molar-refractivity contribution in [2.75, 3.05) is 7.05 Å². The minimum atomic E-state index is -0.227. The highest BCUT2D eigenvalue weighted by Crippen LogP contribution is 2.28. The maximum atomic E-state index is 11.2. The Morgan fingerprint density at radius 1 is 1.15 bits per heavy atom. The predicted octanol–water partition coefficient (Wildman–Crippen LogP) is 0.0241. The summed E-state index contributed by atoms with van der Waals surface area (Å²) >= 11 is 0. The maximum absolute atomic E-state index is 11.2. The van der Waals surface area contributed by atoms with Crippen molar-refractivity contribution in [2.45, 2.75) is 25.7 Å². The molecule has 4 heteroatoms. The number of primary amides is 1. The summed E-state index contributed by atoms with van der Waals surface area (Å²) in [6.07, 6.45) is 3.08. The van der Waals surface area contributed by atoms with Crippen LogP contribution in [0, 0.1) is 11.8 Å². The fourth-order valence-electron chi connectivity index (χ4n) is 1.84. The monoisotopic (exact) mass is 184 g/mol. The summed E-state index contributed by atoms with van der Waals surface area (Å²) in [5, 5.41) is 2.62. The van der Waals surface area contributed by atoms with Gasteiger partial charge in [-0.1, -0.05) is 0 Å². The molecule has 0 radical (unpaired) electrons. The van der Waals surface area contributed by atoms with Crippen LogP contribution >= 0.6 is 0 Å². The van der Waals surface area contributed by atoms with Gasteiger partial charge in [-0.3, -0.25) is 9.59 Å². The minimum Gasteiger partial charge on any atom is -0.369 e. The second-order valence-electron chi connectivity index (χ2n) is 3.57. The van der Waals surface area contributed by atoms with Crippen molar-refractivity contribution in [3.63, 3.8) is 0 Å². The second kappa shape index (κ2) is 4.25. The van der Waals surface area contributed by atoms with E-state index in [2.05, 4.69) is 5.32 Å². The zero-order chi connectivity index (χ0) is 9.84. The van der Waals surface area contributed by atoms with E-state index in [9.17, 15) is 9.59 Å². The Balaban J connectivity index is 2.39. The van der Waals surface area contributed by atoms with Crippen LogP contribution in [0.3, 0.4) is 0 Å². The number of nitrogens with one attached hydrogen (secondary N) is 1. The van der Waals surface area contributed by atoms with Gasteiger partial charge in [-0.2, -0.15) is 0 Å². The largest absolute Gasteiger partial charge is 0.369 e. The van der Waals surface area contributed by atoms with E-state index in [1.54, 1.807) is 7.05 Å². The van der Waals surface area contributed by atoms with Crippen molar-refractivity contribution in [3.05, 3.63) is 0 Å². The van der Waals surface area contributed by atoms with E-state index in [-0.39, 0.29) is 23.7 Å². The van der Waals surface area contributed by atoms with E-state index < -0.39 is 0 Å². The van der Waals surface area contributed by atoms with E-state index in [0.717, 1.165) is 25.7 Å². The average Bonchev–Trinajstić information content (AvgIpc) is 2.17. The van der Waals surface area contributed by atoms with Crippen LogP contribution < -0.4 is 11.1 Å². The summed E-state index contributed by atoms with van der Waals surface area (Å²) in [6, 6.07) is 0. The first-order valence-electron chi connectivity index (χ1n) is 4.66. The normalized spacial score (nSPS) is 28.1. The molecule has 0 aliphatic heterocycles. The molecular formula is C9H16N2O2. The van der Waals surface area contributed by atoms with Gasteiger partial charge < -0.3 is 11.1 Å². The molecule has 0 saturated heterocycles. The number of carbonyl (C=O) groups is 2. The van der Waals surface area contributed by atoms with Crippen LogP contribution in [0.1, 0.15) is 25.7 Å². The Labute approximate surface area is 77.9 Å². The molecule has 13 heavy (non-hydrogen) atoms. The lowest BCUT2D eigenvalue weighted by molar-refractivity contribution is -0.128. The maximum Gasteiger partial charge on any atom is 0.222 e. The zero-order valence-corrected chi connectivity index (χ0v) is 7.88. The van der Waals surface area contributed by atoms with Crippen molar-refractivity contribution in [1.82, 2.24) is 5.32 Å². The van der Waals surface area contributed by atoms with Crippen molar-refractivity contribution in [2.24, 2.45) is 17.6 Å². The quantitative estimate of drug-likeness (QED) is 0.635. The number of hydrogen-bond acceptors (Lipinski definition) is 2. The van der Waals surface area contributed by atoms with Crippen LogP contribution in [0.5, 0.6) is 0 Å². The third-order valence-corrected chi connectivity index (χ3v) is 2.75. The lowest BCUT2D eigenvalue weighted by Crippen LogP contribution is -2.34. The fourth-order valence-corrected chi connectivity index (χ4v) is 1.84. The molecule has 4 nitrogen and oxygen atoms in total. The smallest absolute Gasteiger partial charge is 0.222 e. The highest BCUT2D eigenvalue weighted by molar-refractivity contribution is 5.80.